The fraction of sp³-hybridized carbons (Fsp3) is 0.0714. The van der Waals surface area contributed by atoms with Crippen molar-refractivity contribution < 1.29 is 14.3 Å². The molecule has 3 N–H and O–H groups in total. The third kappa shape index (κ3) is 2.66. The molecule has 2 aromatic rings. The van der Waals surface area contributed by atoms with Gasteiger partial charge < -0.3 is 10.8 Å². The summed E-state index contributed by atoms with van der Waals surface area (Å²) in [5.41, 5.74) is 7.55. The van der Waals surface area contributed by atoms with Gasteiger partial charge in [-0.2, -0.15) is 0 Å². The van der Waals surface area contributed by atoms with Crippen LogP contribution in [0.1, 0.15) is 21.5 Å². The van der Waals surface area contributed by atoms with E-state index in [-0.39, 0.29) is 5.56 Å². The molecule has 0 radical (unpaired) electrons. The molecule has 92 valence electrons. The minimum atomic E-state index is -1.13. The van der Waals surface area contributed by atoms with E-state index in [9.17, 15) is 9.18 Å². The van der Waals surface area contributed by atoms with Crippen molar-refractivity contribution in [2.45, 2.75) is 6.42 Å². The molecule has 0 amide bonds. The lowest BCUT2D eigenvalue weighted by Gasteiger charge is -2.05. The van der Waals surface area contributed by atoms with Crippen LogP contribution in [0.2, 0.25) is 0 Å². The zero-order valence-corrected chi connectivity index (χ0v) is 9.56. The zero-order chi connectivity index (χ0) is 13.1. The minimum absolute atomic E-state index is 0.0520. The van der Waals surface area contributed by atoms with Gasteiger partial charge in [0, 0.05) is 12.1 Å². The van der Waals surface area contributed by atoms with E-state index in [0.29, 0.717) is 17.7 Å². The maximum absolute atomic E-state index is 13.7. The maximum Gasteiger partial charge on any atom is 0.335 e. The first-order valence-electron chi connectivity index (χ1n) is 5.42. The van der Waals surface area contributed by atoms with Crippen molar-refractivity contribution >= 4 is 11.7 Å². The first-order chi connectivity index (χ1) is 8.56. The van der Waals surface area contributed by atoms with Gasteiger partial charge in [-0.3, -0.25) is 0 Å². The van der Waals surface area contributed by atoms with Gasteiger partial charge in [0.1, 0.15) is 5.82 Å². The number of anilines is 1. The van der Waals surface area contributed by atoms with Crippen molar-refractivity contribution in [3.8, 4) is 0 Å². The average molecular weight is 245 g/mol. The van der Waals surface area contributed by atoms with E-state index in [1.54, 1.807) is 18.2 Å². The Balaban J connectivity index is 2.27. The van der Waals surface area contributed by atoms with Crippen molar-refractivity contribution in [2.75, 3.05) is 5.73 Å². The maximum atomic E-state index is 13.7. The molecule has 2 rings (SSSR count). The lowest BCUT2D eigenvalue weighted by Crippen LogP contribution is -2.00. The molecule has 0 aromatic heterocycles. The van der Waals surface area contributed by atoms with E-state index in [0.717, 1.165) is 11.6 Å². The Kier molecular flexibility index (Phi) is 3.28. The second kappa shape index (κ2) is 4.87. The molecule has 0 aliphatic carbocycles. The fourth-order valence-corrected chi connectivity index (χ4v) is 1.75. The first kappa shape index (κ1) is 12.1. The standard InChI is InChI=1S/C14H12FNO2/c15-13-8-11(14(17)18)5-4-10(13)6-9-2-1-3-12(16)7-9/h1-5,7-8H,6,16H2,(H,17,18). The van der Waals surface area contributed by atoms with Gasteiger partial charge in [0.2, 0.25) is 0 Å². The topological polar surface area (TPSA) is 63.3 Å². The average Bonchev–Trinajstić information content (AvgIpc) is 2.31. The Bertz CT molecular complexity index is 596. The highest BCUT2D eigenvalue weighted by Crippen LogP contribution is 2.16. The highest BCUT2D eigenvalue weighted by molar-refractivity contribution is 5.87. The van der Waals surface area contributed by atoms with Crippen LogP contribution in [0.3, 0.4) is 0 Å². The van der Waals surface area contributed by atoms with Crippen molar-refractivity contribution in [3.05, 3.63) is 65.0 Å². The normalized spacial score (nSPS) is 10.3. The Morgan fingerprint density at radius 3 is 2.61 bits per heavy atom. The van der Waals surface area contributed by atoms with Gasteiger partial charge in [-0.05, 0) is 35.4 Å². The Morgan fingerprint density at radius 1 is 1.22 bits per heavy atom. The Labute approximate surface area is 104 Å². The number of carbonyl (C=O) groups is 1. The van der Waals surface area contributed by atoms with Crippen molar-refractivity contribution in [1.29, 1.82) is 0 Å². The number of halogens is 1. The third-order valence-corrected chi connectivity index (χ3v) is 2.65. The predicted molar refractivity (Wildman–Crippen MR) is 67.0 cm³/mol. The quantitative estimate of drug-likeness (QED) is 0.817. The number of hydrogen-bond donors (Lipinski definition) is 2. The molecule has 0 bridgehead atoms. The van der Waals surface area contributed by atoms with Crippen LogP contribution in [-0.2, 0) is 6.42 Å². The van der Waals surface area contributed by atoms with Gasteiger partial charge in [0.15, 0.2) is 0 Å². The molecule has 3 nitrogen and oxygen atoms in total. The van der Waals surface area contributed by atoms with E-state index < -0.39 is 11.8 Å². The van der Waals surface area contributed by atoms with E-state index >= 15 is 0 Å². The number of benzene rings is 2. The molecule has 0 saturated carbocycles. The molecule has 2 aromatic carbocycles. The molecule has 18 heavy (non-hydrogen) atoms. The fourth-order valence-electron chi connectivity index (χ4n) is 1.75. The van der Waals surface area contributed by atoms with Crippen molar-refractivity contribution in [2.24, 2.45) is 0 Å². The number of rotatable bonds is 3. The lowest BCUT2D eigenvalue weighted by atomic mass is 10.0. The summed E-state index contributed by atoms with van der Waals surface area (Å²) in [6.07, 6.45) is 0.386. The summed E-state index contributed by atoms with van der Waals surface area (Å²) >= 11 is 0. The molecule has 0 saturated heterocycles. The zero-order valence-electron chi connectivity index (χ0n) is 9.56. The van der Waals surface area contributed by atoms with E-state index in [4.69, 9.17) is 10.8 Å². The Hall–Kier alpha value is -2.36. The number of nitrogen functional groups attached to an aromatic ring is 1. The van der Waals surface area contributed by atoms with Crippen molar-refractivity contribution in [3.63, 3.8) is 0 Å². The second-order valence-corrected chi connectivity index (χ2v) is 4.03. The molecule has 0 atom stereocenters. The minimum Gasteiger partial charge on any atom is -0.478 e. The summed E-state index contributed by atoms with van der Waals surface area (Å²) in [6.45, 7) is 0. The summed E-state index contributed by atoms with van der Waals surface area (Å²) in [5, 5.41) is 8.74. The molecule has 0 fully saturated rings. The second-order valence-electron chi connectivity index (χ2n) is 4.03. The monoisotopic (exact) mass is 245 g/mol. The van der Waals surface area contributed by atoms with Crippen LogP contribution in [0.15, 0.2) is 42.5 Å². The summed E-state index contributed by atoms with van der Waals surface area (Å²) in [4.78, 5) is 10.7. The molecule has 0 spiro atoms. The SMILES string of the molecule is Nc1cccc(Cc2ccc(C(=O)O)cc2F)c1. The van der Waals surface area contributed by atoms with Gasteiger partial charge in [-0.1, -0.05) is 18.2 Å². The predicted octanol–water partition coefficient (Wildman–Crippen LogP) is 2.70. The molecule has 0 heterocycles. The first-order valence-corrected chi connectivity index (χ1v) is 5.42. The number of carboxylic acids is 1. The van der Waals surface area contributed by atoms with Crippen molar-refractivity contribution in [1.82, 2.24) is 0 Å². The third-order valence-electron chi connectivity index (χ3n) is 2.65. The van der Waals surface area contributed by atoms with Crippen LogP contribution in [0, 0.1) is 5.82 Å². The summed E-state index contributed by atoms with van der Waals surface area (Å²) < 4.78 is 13.7. The van der Waals surface area contributed by atoms with Crippen LogP contribution in [0.25, 0.3) is 0 Å². The molecule has 0 unspecified atom stereocenters. The van der Waals surface area contributed by atoms with Crippen LogP contribution in [0.5, 0.6) is 0 Å². The lowest BCUT2D eigenvalue weighted by molar-refractivity contribution is 0.0696. The summed E-state index contributed by atoms with van der Waals surface area (Å²) in [7, 11) is 0. The number of aromatic carboxylic acids is 1. The largest absolute Gasteiger partial charge is 0.478 e. The van der Waals surface area contributed by atoms with E-state index in [1.807, 2.05) is 6.07 Å². The molecule has 0 aliphatic rings. The van der Waals surface area contributed by atoms with Gasteiger partial charge in [-0.25, -0.2) is 9.18 Å². The molecular formula is C14H12FNO2. The van der Waals surface area contributed by atoms with Gasteiger partial charge in [0.05, 0.1) is 5.56 Å². The number of nitrogens with two attached hydrogens (primary N) is 1. The van der Waals surface area contributed by atoms with Gasteiger partial charge in [-0.15, -0.1) is 0 Å². The number of hydrogen-bond acceptors (Lipinski definition) is 2. The molecule has 4 heteroatoms. The van der Waals surface area contributed by atoms with E-state index in [1.165, 1.54) is 12.1 Å². The highest BCUT2D eigenvalue weighted by Gasteiger charge is 2.08. The highest BCUT2D eigenvalue weighted by atomic mass is 19.1. The molecular weight excluding hydrogens is 233 g/mol. The Morgan fingerprint density at radius 2 is 2.00 bits per heavy atom. The van der Waals surface area contributed by atoms with Crippen LogP contribution in [-0.4, -0.2) is 11.1 Å². The number of carboxylic acid groups (broad SMARTS) is 1. The van der Waals surface area contributed by atoms with Gasteiger partial charge >= 0.3 is 5.97 Å². The van der Waals surface area contributed by atoms with Crippen LogP contribution < -0.4 is 5.73 Å². The smallest absolute Gasteiger partial charge is 0.335 e. The van der Waals surface area contributed by atoms with Crippen LogP contribution >= 0.6 is 0 Å². The molecule has 0 aliphatic heterocycles. The van der Waals surface area contributed by atoms with E-state index in [2.05, 4.69) is 0 Å². The van der Waals surface area contributed by atoms with Crippen LogP contribution in [0.4, 0.5) is 10.1 Å². The summed E-state index contributed by atoms with van der Waals surface area (Å²) in [6, 6.07) is 11.1. The van der Waals surface area contributed by atoms with Gasteiger partial charge in [0.25, 0.3) is 0 Å². The summed E-state index contributed by atoms with van der Waals surface area (Å²) in [5.74, 6) is -1.65.